The molecule has 2 heterocycles. The average molecular weight is 436 g/mol. The fraction of sp³-hybridized carbons (Fsp3) is 0.333. The summed E-state index contributed by atoms with van der Waals surface area (Å²) in [6.07, 6.45) is 3.07. The maximum atomic E-state index is 14.9. The van der Waals surface area contributed by atoms with Crippen LogP contribution in [0, 0.1) is 5.41 Å². The second-order valence-electron chi connectivity index (χ2n) is 8.93. The first-order chi connectivity index (χ1) is 15.0. The van der Waals surface area contributed by atoms with Gasteiger partial charge in [-0.25, -0.2) is 4.78 Å². The standard InChI is InChI=1S/C24H29N4O2P/c1-24(2)17-21-23(22(18-24)27-13-15-30-16-14-27)31(29,26-19-9-5-3-6-10-19)28(25-21)20-11-7-4-8-12-20/h3-12,17,25H,13-16,18H2,1-2H3,(H,26,29)/t31-/m0/s1. The molecule has 6 nitrogen and oxygen atoms in total. The van der Waals surface area contributed by atoms with E-state index in [4.69, 9.17) is 4.74 Å². The first-order valence-corrected chi connectivity index (χ1v) is 12.5. The SMILES string of the molecule is CC1(C)C=C2NN(c3ccccc3)[P@@](=O)(Nc3ccccc3)C2=C(N2CCOCC2)C1. The molecular weight excluding hydrogens is 407 g/mol. The zero-order valence-corrected chi connectivity index (χ0v) is 18.9. The molecule has 0 bridgehead atoms. The second-order valence-corrected chi connectivity index (χ2v) is 11.2. The van der Waals surface area contributed by atoms with Crippen LogP contribution >= 0.6 is 7.44 Å². The third-order valence-corrected chi connectivity index (χ3v) is 8.51. The predicted octanol–water partition coefficient (Wildman–Crippen LogP) is 5.17. The number of para-hydroxylation sites is 2. The molecule has 3 aliphatic rings. The number of nitrogens with one attached hydrogen (secondary N) is 2. The first-order valence-electron chi connectivity index (χ1n) is 10.8. The summed E-state index contributed by atoms with van der Waals surface area (Å²) in [7, 11) is -3.23. The van der Waals surface area contributed by atoms with E-state index < -0.39 is 7.44 Å². The third-order valence-electron chi connectivity index (χ3n) is 5.95. The van der Waals surface area contributed by atoms with Gasteiger partial charge in [0.15, 0.2) is 0 Å². The van der Waals surface area contributed by atoms with Gasteiger partial charge in [-0.2, -0.15) is 0 Å². The highest BCUT2D eigenvalue weighted by molar-refractivity contribution is 7.71. The molecule has 2 aromatic rings. The highest BCUT2D eigenvalue weighted by atomic mass is 31.2. The Morgan fingerprint density at radius 3 is 2.32 bits per heavy atom. The van der Waals surface area contributed by atoms with Gasteiger partial charge in [-0.3, -0.25) is 9.99 Å². The molecule has 0 amide bonds. The quantitative estimate of drug-likeness (QED) is 0.645. The second kappa shape index (κ2) is 7.77. The minimum atomic E-state index is -3.23. The Morgan fingerprint density at radius 1 is 1.00 bits per heavy atom. The summed E-state index contributed by atoms with van der Waals surface area (Å²) in [5, 5.41) is 4.31. The molecule has 5 rings (SSSR count). The molecule has 1 atom stereocenters. The zero-order valence-electron chi connectivity index (χ0n) is 18.0. The van der Waals surface area contributed by atoms with Crippen LogP contribution in [-0.4, -0.2) is 31.2 Å². The molecule has 162 valence electrons. The summed E-state index contributed by atoms with van der Waals surface area (Å²) in [6, 6.07) is 19.7. The van der Waals surface area contributed by atoms with Crippen molar-refractivity contribution in [2.75, 3.05) is 36.2 Å². The van der Waals surface area contributed by atoms with Crippen molar-refractivity contribution < 1.29 is 9.30 Å². The van der Waals surface area contributed by atoms with Crippen molar-refractivity contribution >= 4 is 18.8 Å². The molecule has 0 spiro atoms. The van der Waals surface area contributed by atoms with Crippen LogP contribution in [0.1, 0.15) is 20.3 Å². The van der Waals surface area contributed by atoms with Crippen LogP contribution in [0.5, 0.6) is 0 Å². The van der Waals surface area contributed by atoms with Crippen molar-refractivity contribution in [3.05, 3.63) is 83.4 Å². The molecule has 2 aromatic carbocycles. The third kappa shape index (κ3) is 3.75. The van der Waals surface area contributed by atoms with Gasteiger partial charge >= 0.3 is 7.44 Å². The van der Waals surface area contributed by atoms with Crippen molar-refractivity contribution in [3.8, 4) is 0 Å². The Balaban J connectivity index is 1.68. The number of nitrogens with zero attached hydrogens (tertiary/aromatic N) is 2. The van der Waals surface area contributed by atoms with E-state index in [1.807, 2.05) is 65.4 Å². The summed E-state index contributed by atoms with van der Waals surface area (Å²) in [5.74, 6) is 0. The highest BCUT2D eigenvalue weighted by Gasteiger charge is 2.50. The lowest BCUT2D eigenvalue weighted by molar-refractivity contribution is 0.0497. The van der Waals surface area contributed by atoms with Crippen LogP contribution in [0.3, 0.4) is 0 Å². The first kappa shape index (κ1) is 20.2. The molecule has 2 fully saturated rings. The van der Waals surface area contributed by atoms with Crippen LogP contribution in [0.15, 0.2) is 83.4 Å². The van der Waals surface area contributed by atoms with Crippen LogP contribution in [0.25, 0.3) is 0 Å². The van der Waals surface area contributed by atoms with Gasteiger partial charge in [0.25, 0.3) is 0 Å². The van der Waals surface area contributed by atoms with Gasteiger partial charge in [0.1, 0.15) is 0 Å². The molecule has 0 unspecified atom stereocenters. The van der Waals surface area contributed by atoms with Crippen LogP contribution in [0.2, 0.25) is 0 Å². The number of hydrogen-bond donors (Lipinski definition) is 2. The molecule has 2 aliphatic heterocycles. The molecule has 0 saturated carbocycles. The van der Waals surface area contributed by atoms with Gasteiger partial charge in [0.2, 0.25) is 0 Å². The van der Waals surface area contributed by atoms with E-state index in [1.165, 1.54) is 0 Å². The number of morpholine rings is 1. The molecular formula is C24H29N4O2P. The topological polar surface area (TPSA) is 56.8 Å². The van der Waals surface area contributed by atoms with Crippen LogP contribution in [-0.2, 0) is 9.30 Å². The maximum Gasteiger partial charge on any atom is 0.312 e. The molecule has 2 saturated heterocycles. The van der Waals surface area contributed by atoms with Crippen molar-refractivity contribution in [3.63, 3.8) is 0 Å². The Kier molecular flexibility index (Phi) is 5.07. The normalized spacial score (nSPS) is 25.0. The molecule has 0 radical (unpaired) electrons. The molecule has 31 heavy (non-hydrogen) atoms. The van der Waals surface area contributed by atoms with Gasteiger partial charge in [0.05, 0.1) is 29.9 Å². The van der Waals surface area contributed by atoms with Gasteiger partial charge in [-0.05, 0) is 36.1 Å². The van der Waals surface area contributed by atoms with E-state index in [2.05, 4.69) is 35.3 Å². The summed E-state index contributed by atoms with van der Waals surface area (Å²) >= 11 is 0. The lowest BCUT2D eigenvalue weighted by atomic mass is 9.82. The minimum Gasteiger partial charge on any atom is -0.378 e. The van der Waals surface area contributed by atoms with Gasteiger partial charge in [0, 0.05) is 24.5 Å². The van der Waals surface area contributed by atoms with Gasteiger partial charge < -0.3 is 14.7 Å². The van der Waals surface area contributed by atoms with E-state index in [-0.39, 0.29) is 5.41 Å². The molecule has 2 N–H and O–H groups in total. The van der Waals surface area contributed by atoms with Crippen molar-refractivity contribution in [1.29, 1.82) is 0 Å². The number of hydrogen-bond acceptors (Lipinski definition) is 4. The number of allylic oxidation sites excluding steroid dienone is 3. The molecule has 0 aromatic heterocycles. The highest BCUT2D eigenvalue weighted by Crippen LogP contribution is 2.66. The number of hydrazine groups is 1. The lowest BCUT2D eigenvalue weighted by Crippen LogP contribution is -2.38. The van der Waals surface area contributed by atoms with E-state index in [0.29, 0.717) is 13.2 Å². The van der Waals surface area contributed by atoms with E-state index >= 15 is 0 Å². The Morgan fingerprint density at radius 2 is 1.65 bits per heavy atom. The fourth-order valence-electron chi connectivity index (χ4n) is 4.57. The summed E-state index contributed by atoms with van der Waals surface area (Å²) < 4.78 is 22.4. The van der Waals surface area contributed by atoms with Gasteiger partial charge in [-0.1, -0.05) is 56.3 Å². The van der Waals surface area contributed by atoms with Crippen molar-refractivity contribution in [2.24, 2.45) is 5.41 Å². The number of rotatable bonds is 4. The molecule has 7 heteroatoms. The Hall–Kier alpha value is -2.69. The van der Waals surface area contributed by atoms with E-state index in [9.17, 15) is 4.57 Å². The smallest absolute Gasteiger partial charge is 0.312 e. The number of benzene rings is 2. The monoisotopic (exact) mass is 436 g/mol. The van der Waals surface area contributed by atoms with E-state index in [0.717, 1.165) is 47.6 Å². The minimum absolute atomic E-state index is 0.0380. The Labute approximate surface area is 184 Å². The lowest BCUT2D eigenvalue weighted by Gasteiger charge is -2.38. The summed E-state index contributed by atoms with van der Waals surface area (Å²) in [6.45, 7) is 7.50. The fourth-order valence-corrected chi connectivity index (χ4v) is 7.20. The maximum absolute atomic E-state index is 14.9. The predicted molar refractivity (Wildman–Crippen MR) is 126 cm³/mol. The van der Waals surface area contributed by atoms with E-state index in [1.54, 1.807) is 0 Å². The number of anilines is 2. The van der Waals surface area contributed by atoms with Crippen molar-refractivity contribution in [2.45, 2.75) is 20.3 Å². The Bertz CT molecular complexity index is 1060. The number of ether oxygens (including phenoxy) is 1. The largest absolute Gasteiger partial charge is 0.378 e. The van der Waals surface area contributed by atoms with Crippen LogP contribution in [0.4, 0.5) is 11.4 Å². The van der Waals surface area contributed by atoms with Gasteiger partial charge in [-0.15, -0.1) is 0 Å². The summed E-state index contributed by atoms with van der Waals surface area (Å²) in [4.78, 5) is 2.36. The zero-order chi connectivity index (χ0) is 21.5. The van der Waals surface area contributed by atoms with Crippen LogP contribution < -0.4 is 15.3 Å². The summed E-state index contributed by atoms with van der Waals surface area (Å²) in [5.41, 5.74) is 7.27. The number of fused-ring (bicyclic) bond motifs is 1. The van der Waals surface area contributed by atoms with Crippen molar-refractivity contribution in [1.82, 2.24) is 10.3 Å². The average Bonchev–Trinajstić information content (AvgIpc) is 3.06. The molecule has 1 aliphatic carbocycles.